The van der Waals surface area contributed by atoms with E-state index in [2.05, 4.69) is 16.9 Å². The molecule has 0 spiro atoms. The number of amides is 1. The van der Waals surface area contributed by atoms with Gasteiger partial charge < -0.3 is 15.5 Å². The molecule has 0 radical (unpaired) electrons. The largest absolute Gasteiger partial charge is 0.336 e. The maximum atomic E-state index is 12.3. The molecule has 1 fully saturated rings. The Morgan fingerprint density at radius 1 is 1.50 bits per heavy atom. The smallest absolute Gasteiger partial charge is 0.228 e. The Hall–Kier alpha value is -1.46. The van der Waals surface area contributed by atoms with Gasteiger partial charge in [0.1, 0.15) is 0 Å². The Bertz CT molecular complexity index is 395. The van der Waals surface area contributed by atoms with E-state index in [0.29, 0.717) is 13.0 Å². The topological polar surface area (TPSA) is 62.5 Å². The Labute approximate surface area is 108 Å². The highest BCUT2D eigenvalue weighted by molar-refractivity contribution is 5.78. The van der Waals surface area contributed by atoms with Crippen LogP contribution in [0.25, 0.3) is 0 Å². The number of likely N-dealkylation sites (N-methyl/N-ethyl adjacent to an activating group) is 1. The fourth-order valence-corrected chi connectivity index (χ4v) is 2.30. The first-order chi connectivity index (χ1) is 8.70. The summed E-state index contributed by atoms with van der Waals surface area (Å²) in [6, 6.07) is 5.76. The number of hydrogen-bond acceptors (Lipinski definition) is 4. The summed E-state index contributed by atoms with van der Waals surface area (Å²) >= 11 is 0. The van der Waals surface area contributed by atoms with E-state index >= 15 is 0 Å². The van der Waals surface area contributed by atoms with Crippen molar-refractivity contribution in [2.75, 3.05) is 33.2 Å². The van der Waals surface area contributed by atoms with Gasteiger partial charge in [0.25, 0.3) is 0 Å². The molecule has 2 N–H and O–H groups in total. The van der Waals surface area contributed by atoms with Gasteiger partial charge in [-0.2, -0.15) is 0 Å². The molecule has 1 saturated heterocycles. The molecule has 1 aromatic heterocycles. The minimum atomic E-state index is 0.122. The minimum absolute atomic E-state index is 0.122. The highest BCUT2D eigenvalue weighted by Crippen LogP contribution is 2.10. The zero-order chi connectivity index (χ0) is 13.0. The molecule has 2 heterocycles. The zero-order valence-electron chi connectivity index (χ0n) is 10.7. The molecule has 1 aliphatic rings. The van der Waals surface area contributed by atoms with Crippen LogP contribution in [0, 0.1) is 0 Å². The van der Waals surface area contributed by atoms with E-state index in [-0.39, 0.29) is 11.9 Å². The summed E-state index contributed by atoms with van der Waals surface area (Å²) in [5.74, 6) is 0.122. The summed E-state index contributed by atoms with van der Waals surface area (Å²) in [6.07, 6.45) is 2.08. The summed E-state index contributed by atoms with van der Waals surface area (Å²) in [5.41, 5.74) is 6.57. The first kappa shape index (κ1) is 13.0. The summed E-state index contributed by atoms with van der Waals surface area (Å²) in [5, 5.41) is 0. The maximum absolute atomic E-state index is 12.3. The second-order valence-corrected chi connectivity index (χ2v) is 4.74. The van der Waals surface area contributed by atoms with E-state index in [1.807, 2.05) is 23.1 Å². The number of aromatic nitrogens is 1. The number of piperazine rings is 1. The van der Waals surface area contributed by atoms with Crippen LogP contribution in [0.15, 0.2) is 24.4 Å². The molecule has 2 rings (SSSR count). The third-order valence-electron chi connectivity index (χ3n) is 3.34. The van der Waals surface area contributed by atoms with Gasteiger partial charge >= 0.3 is 0 Å². The van der Waals surface area contributed by atoms with Crippen molar-refractivity contribution >= 4 is 5.91 Å². The lowest BCUT2D eigenvalue weighted by molar-refractivity contribution is -0.134. The van der Waals surface area contributed by atoms with E-state index in [1.54, 1.807) is 6.20 Å². The van der Waals surface area contributed by atoms with Gasteiger partial charge in [0.2, 0.25) is 5.91 Å². The number of carbonyl (C=O) groups is 1. The van der Waals surface area contributed by atoms with Gasteiger partial charge in [-0.1, -0.05) is 6.07 Å². The summed E-state index contributed by atoms with van der Waals surface area (Å²) in [7, 11) is 2.06. The third-order valence-corrected chi connectivity index (χ3v) is 3.34. The molecule has 1 atom stereocenters. The molecule has 0 aromatic carbocycles. The van der Waals surface area contributed by atoms with Crippen molar-refractivity contribution in [2.24, 2.45) is 5.73 Å². The van der Waals surface area contributed by atoms with Crippen LogP contribution in [0.3, 0.4) is 0 Å². The Balaban J connectivity index is 1.99. The van der Waals surface area contributed by atoms with Gasteiger partial charge in [-0.05, 0) is 19.2 Å². The number of hydrogen-bond donors (Lipinski definition) is 1. The van der Waals surface area contributed by atoms with E-state index in [1.165, 1.54) is 0 Å². The normalized spacial score (nSPS) is 21.0. The lowest BCUT2D eigenvalue weighted by Gasteiger charge is -2.39. The van der Waals surface area contributed by atoms with E-state index < -0.39 is 0 Å². The molecule has 1 aromatic rings. The second kappa shape index (κ2) is 5.93. The van der Waals surface area contributed by atoms with Crippen molar-refractivity contribution < 1.29 is 4.79 Å². The molecule has 0 bridgehead atoms. The molecular weight excluding hydrogens is 228 g/mol. The van der Waals surface area contributed by atoms with Gasteiger partial charge in [0, 0.05) is 38.1 Å². The van der Waals surface area contributed by atoms with Crippen molar-refractivity contribution in [1.82, 2.24) is 14.8 Å². The highest BCUT2D eigenvalue weighted by Gasteiger charge is 2.27. The van der Waals surface area contributed by atoms with Gasteiger partial charge in [0.05, 0.1) is 12.5 Å². The molecule has 5 heteroatoms. The molecule has 0 aliphatic carbocycles. The first-order valence-electron chi connectivity index (χ1n) is 6.28. The average molecular weight is 248 g/mol. The van der Waals surface area contributed by atoms with Gasteiger partial charge in [0.15, 0.2) is 0 Å². The molecular formula is C13H20N4O. The van der Waals surface area contributed by atoms with Crippen molar-refractivity contribution in [3.63, 3.8) is 0 Å². The molecule has 0 saturated carbocycles. The molecule has 1 aliphatic heterocycles. The van der Waals surface area contributed by atoms with Crippen LogP contribution in [0.5, 0.6) is 0 Å². The molecule has 98 valence electrons. The van der Waals surface area contributed by atoms with Crippen molar-refractivity contribution in [2.45, 2.75) is 12.5 Å². The number of nitrogens with two attached hydrogens (primary N) is 1. The van der Waals surface area contributed by atoms with Crippen LogP contribution in [-0.2, 0) is 11.2 Å². The first-order valence-corrected chi connectivity index (χ1v) is 6.28. The maximum Gasteiger partial charge on any atom is 0.228 e. The summed E-state index contributed by atoms with van der Waals surface area (Å²) < 4.78 is 0. The SMILES string of the molecule is CN1CCN(C(=O)Cc2ccccn2)C(CN)C1. The van der Waals surface area contributed by atoms with Crippen LogP contribution in [-0.4, -0.2) is 60.0 Å². The zero-order valence-corrected chi connectivity index (χ0v) is 10.7. The fourth-order valence-electron chi connectivity index (χ4n) is 2.30. The minimum Gasteiger partial charge on any atom is -0.336 e. The van der Waals surface area contributed by atoms with Gasteiger partial charge in [-0.3, -0.25) is 9.78 Å². The average Bonchev–Trinajstić information content (AvgIpc) is 2.39. The Morgan fingerprint density at radius 3 is 3.00 bits per heavy atom. The van der Waals surface area contributed by atoms with Crippen molar-refractivity contribution in [3.05, 3.63) is 30.1 Å². The Kier molecular flexibility index (Phi) is 4.28. The quantitative estimate of drug-likeness (QED) is 0.799. The standard InChI is InChI=1S/C13H20N4O/c1-16-6-7-17(12(9-14)10-16)13(18)8-11-4-2-3-5-15-11/h2-5,12H,6-10,14H2,1H3. The van der Waals surface area contributed by atoms with E-state index in [9.17, 15) is 4.79 Å². The van der Waals surface area contributed by atoms with Crippen molar-refractivity contribution in [3.8, 4) is 0 Å². The lowest BCUT2D eigenvalue weighted by Crippen LogP contribution is -2.57. The van der Waals surface area contributed by atoms with Gasteiger partial charge in [-0.15, -0.1) is 0 Å². The second-order valence-electron chi connectivity index (χ2n) is 4.74. The number of pyridine rings is 1. The van der Waals surface area contributed by atoms with Gasteiger partial charge in [-0.25, -0.2) is 0 Å². The van der Waals surface area contributed by atoms with E-state index in [4.69, 9.17) is 5.73 Å². The van der Waals surface area contributed by atoms with Crippen LogP contribution in [0.1, 0.15) is 5.69 Å². The molecule has 5 nitrogen and oxygen atoms in total. The summed E-state index contributed by atoms with van der Waals surface area (Å²) in [6.45, 7) is 3.03. The molecule has 1 unspecified atom stereocenters. The molecule has 1 amide bonds. The monoisotopic (exact) mass is 248 g/mol. The van der Waals surface area contributed by atoms with Crippen LogP contribution in [0.2, 0.25) is 0 Å². The predicted molar refractivity (Wildman–Crippen MR) is 70.0 cm³/mol. The third kappa shape index (κ3) is 3.05. The van der Waals surface area contributed by atoms with E-state index in [0.717, 1.165) is 25.3 Å². The van der Waals surface area contributed by atoms with Crippen LogP contribution < -0.4 is 5.73 Å². The lowest BCUT2D eigenvalue weighted by atomic mass is 10.1. The number of nitrogens with zero attached hydrogens (tertiary/aromatic N) is 3. The highest BCUT2D eigenvalue weighted by atomic mass is 16.2. The number of carbonyl (C=O) groups excluding carboxylic acids is 1. The summed E-state index contributed by atoms with van der Waals surface area (Å²) in [4.78, 5) is 20.6. The van der Waals surface area contributed by atoms with Crippen LogP contribution in [0.4, 0.5) is 0 Å². The Morgan fingerprint density at radius 2 is 2.33 bits per heavy atom. The fraction of sp³-hybridized carbons (Fsp3) is 0.538. The molecule has 18 heavy (non-hydrogen) atoms. The van der Waals surface area contributed by atoms with Crippen molar-refractivity contribution in [1.29, 1.82) is 0 Å². The number of rotatable bonds is 3. The van der Waals surface area contributed by atoms with Crippen LogP contribution >= 0.6 is 0 Å². The predicted octanol–water partition coefficient (Wildman–Crippen LogP) is -0.275.